The molecule has 0 bridgehead atoms. The van der Waals surface area contributed by atoms with Gasteiger partial charge in [-0.25, -0.2) is 4.79 Å². The summed E-state index contributed by atoms with van der Waals surface area (Å²) in [5, 5.41) is 3.08. The van der Waals surface area contributed by atoms with E-state index in [-0.39, 0.29) is 18.4 Å². The number of carbonyl (C=O) groups is 1. The fourth-order valence-corrected chi connectivity index (χ4v) is 1.05. The van der Waals surface area contributed by atoms with Crippen LogP contribution in [0.25, 0.3) is 0 Å². The van der Waals surface area contributed by atoms with Gasteiger partial charge in [-0.3, -0.25) is 0 Å². The van der Waals surface area contributed by atoms with Gasteiger partial charge in [-0.1, -0.05) is 25.1 Å². The molecule has 0 unspecified atom stereocenters. The number of benzene rings is 1. The van der Waals surface area contributed by atoms with Gasteiger partial charge in [-0.2, -0.15) is 0 Å². The zero-order valence-electron chi connectivity index (χ0n) is 8.73. The lowest BCUT2D eigenvalue weighted by atomic mass is 10.2. The summed E-state index contributed by atoms with van der Waals surface area (Å²) in [5.74, 6) is -0.261. The highest BCUT2D eigenvalue weighted by Gasteiger charge is 2.04. The maximum absolute atomic E-state index is 11.4. The molecule has 1 aromatic carbocycles. The first-order valence-corrected chi connectivity index (χ1v) is 4.77. The van der Waals surface area contributed by atoms with E-state index in [1.165, 1.54) is 0 Å². The Morgan fingerprint density at radius 1 is 1.33 bits per heavy atom. The smallest absolute Gasteiger partial charge is 0.338 e. The summed E-state index contributed by atoms with van der Waals surface area (Å²) in [7, 11) is 0. The molecule has 0 fully saturated rings. The van der Waals surface area contributed by atoms with Crippen LogP contribution < -0.4 is 5.32 Å². The molecule has 0 atom stereocenters. The van der Waals surface area contributed by atoms with Gasteiger partial charge in [-0.15, -0.1) is 12.4 Å². The largest absolute Gasteiger partial charge is 0.461 e. The minimum atomic E-state index is -0.261. The van der Waals surface area contributed by atoms with E-state index in [2.05, 4.69) is 5.32 Å². The first-order valence-electron chi connectivity index (χ1n) is 4.77. The zero-order valence-corrected chi connectivity index (χ0v) is 9.55. The molecule has 0 saturated carbocycles. The average molecular weight is 230 g/mol. The Kier molecular flexibility index (Phi) is 7.68. The molecule has 0 saturated heterocycles. The number of rotatable bonds is 5. The second-order valence-corrected chi connectivity index (χ2v) is 2.86. The molecule has 84 valence electrons. The van der Waals surface area contributed by atoms with E-state index >= 15 is 0 Å². The standard InChI is InChI=1S/C11H15NO2.ClH/c1-2-12-8-9-14-11(13)10-6-4-3-5-7-10;/h3-7,12H,2,8-9H2,1H3;1H. The molecule has 15 heavy (non-hydrogen) atoms. The first-order chi connectivity index (χ1) is 6.84. The van der Waals surface area contributed by atoms with Crippen molar-refractivity contribution in [2.75, 3.05) is 19.7 Å². The monoisotopic (exact) mass is 229 g/mol. The zero-order chi connectivity index (χ0) is 10.2. The van der Waals surface area contributed by atoms with Crippen LogP contribution in [0.1, 0.15) is 17.3 Å². The third kappa shape index (κ3) is 5.40. The minimum absolute atomic E-state index is 0. The number of halogens is 1. The van der Waals surface area contributed by atoms with Gasteiger partial charge in [0.05, 0.1) is 5.56 Å². The van der Waals surface area contributed by atoms with Crippen LogP contribution in [-0.2, 0) is 4.74 Å². The number of carbonyl (C=O) groups excluding carboxylic acids is 1. The van der Waals surface area contributed by atoms with Gasteiger partial charge >= 0.3 is 5.97 Å². The molecule has 1 rings (SSSR count). The number of hydrogen-bond acceptors (Lipinski definition) is 3. The molecular formula is C11H16ClNO2. The van der Waals surface area contributed by atoms with Gasteiger partial charge < -0.3 is 10.1 Å². The molecule has 1 N–H and O–H groups in total. The molecule has 0 radical (unpaired) electrons. The van der Waals surface area contributed by atoms with Crippen molar-refractivity contribution in [2.24, 2.45) is 0 Å². The number of likely N-dealkylation sites (N-methyl/N-ethyl adjacent to an activating group) is 1. The molecule has 0 aliphatic carbocycles. The van der Waals surface area contributed by atoms with Crippen LogP contribution in [0.5, 0.6) is 0 Å². The van der Waals surface area contributed by atoms with Crippen molar-refractivity contribution in [3.63, 3.8) is 0 Å². The lowest BCUT2D eigenvalue weighted by Gasteiger charge is -2.04. The second-order valence-electron chi connectivity index (χ2n) is 2.86. The van der Waals surface area contributed by atoms with Crippen molar-refractivity contribution in [1.82, 2.24) is 5.32 Å². The fraction of sp³-hybridized carbons (Fsp3) is 0.364. The fourth-order valence-electron chi connectivity index (χ4n) is 1.05. The first kappa shape index (κ1) is 13.9. The lowest BCUT2D eigenvalue weighted by molar-refractivity contribution is 0.0509. The van der Waals surface area contributed by atoms with Crippen LogP contribution in [0.15, 0.2) is 30.3 Å². The van der Waals surface area contributed by atoms with Crippen LogP contribution in [0.4, 0.5) is 0 Å². The third-order valence-electron chi connectivity index (χ3n) is 1.77. The van der Waals surface area contributed by atoms with Crippen LogP contribution in [-0.4, -0.2) is 25.7 Å². The quantitative estimate of drug-likeness (QED) is 0.619. The van der Waals surface area contributed by atoms with Gasteiger partial charge in [0.25, 0.3) is 0 Å². The van der Waals surface area contributed by atoms with Crippen molar-refractivity contribution in [3.8, 4) is 0 Å². The summed E-state index contributed by atoms with van der Waals surface area (Å²) in [6.45, 7) is 4.03. The molecule has 0 amide bonds. The van der Waals surface area contributed by atoms with E-state index in [0.29, 0.717) is 18.7 Å². The maximum atomic E-state index is 11.4. The van der Waals surface area contributed by atoms with Gasteiger partial charge in [-0.05, 0) is 18.7 Å². The van der Waals surface area contributed by atoms with Gasteiger partial charge in [0.1, 0.15) is 6.61 Å². The predicted octanol–water partition coefficient (Wildman–Crippen LogP) is 1.87. The molecule has 0 aliphatic rings. The van der Waals surface area contributed by atoms with Gasteiger partial charge in [0.15, 0.2) is 0 Å². The van der Waals surface area contributed by atoms with Crippen molar-refractivity contribution in [3.05, 3.63) is 35.9 Å². The summed E-state index contributed by atoms with van der Waals surface area (Å²) < 4.78 is 5.03. The van der Waals surface area contributed by atoms with E-state index in [4.69, 9.17) is 4.74 Å². The Hall–Kier alpha value is -1.06. The lowest BCUT2D eigenvalue weighted by Crippen LogP contribution is -2.20. The summed E-state index contributed by atoms with van der Waals surface area (Å²) in [5.41, 5.74) is 0.601. The normalized spacial score (nSPS) is 9.13. The Balaban J connectivity index is 0.00000196. The molecule has 1 aromatic rings. The number of esters is 1. The highest BCUT2D eigenvalue weighted by molar-refractivity contribution is 5.89. The van der Waals surface area contributed by atoms with Gasteiger partial charge in [0, 0.05) is 6.54 Å². The van der Waals surface area contributed by atoms with Crippen molar-refractivity contribution in [1.29, 1.82) is 0 Å². The predicted molar refractivity (Wildman–Crippen MR) is 62.5 cm³/mol. The van der Waals surface area contributed by atoms with E-state index in [1.807, 2.05) is 25.1 Å². The molecular weight excluding hydrogens is 214 g/mol. The van der Waals surface area contributed by atoms with Crippen molar-refractivity contribution in [2.45, 2.75) is 6.92 Å². The molecule has 3 nitrogen and oxygen atoms in total. The molecule has 0 aromatic heterocycles. The molecule has 0 heterocycles. The topological polar surface area (TPSA) is 38.3 Å². The number of nitrogens with one attached hydrogen (secondary N) is 1. The third-order valence-corrected chi connectivity index (χ3v) is 1.77. The van der Waals surface area contributed by atoms with E-state index in [9.17, 15) is 4.79 Å². The Morgan fingerprint density at radius 2 is 2.00 bits per heavy atom. The van der Waals surface area contributed by atoms with E-state index in [0.717, 1.165) is 6.54 Å². The van der Waals surface area contributed by atoms with Crippen LogP contribution >= 0.6 is 12.4 Å². The molecule has 0 aliphatic heterocycles. The SMILES string of the molecule is CCNCCOC(=O)c1ccccc1.Cl. The van der Waals surface area contributed by atoms with Crippen molar-refractivity contribution < 1.29 is 9.53 Å². The number of ether oxygens (including phenoxy) is 1. The highest BCUT2D eigenvalue weighted by atomic mass is 35.5. The van der Waals surface area contributed by atoms with Crippen LogP contribution in [0, 0.1) is 0 Å². The summed E-state index contributed by atoms with van der Waals surface area (Å²) in [6.07, 6.45) is 0. The van der Waals surface area contributed by atoms with Crippen LogP contribution in [0.3, 0.4) is 0 Å². The Bertz CT molecular complexity index is 277. The summed E-state index contributed by atoms with van der Waals surface area (Å²) in [6, 6.07) is 9.00. The van der Waals surface area contributed by atoms with Gasteiger partial charge in [0.2, 0.25) is 0 Å². The highest BCUT2D eigenvalue weighted by Crippen LogP contribution is 2.00. The molecule has 0 spiro atoms. The Morgan fingerprint density at radius 3 is 2.60 bits per heavy atom. The summed E-state index contributed by atoms with van der Waals surface area (Å²) >= 11 is 0. The average Bonchev–Trinajstić information content (AvgIpc) is 2.25. The minimum Gasteiger partial charge on any atom is -0.461 e. The van der Waals surface area contributed by atoms with Crippen LogP contribution in [0.2, 0.25) is 0 Å². The number of hydrogen-bond donors (Lipinski definition) is 1. The molecule has 4 heteroatoms. The van der Waals surface area contributed by atoms with Crippen molar-refractivity contribution >= 4 is 18.4 Å². The second kappa shape index (κ2) is 8.26. The van der Waals surface area contributed by atoms with E-state index in [1.54, 1.807) is 12.1 Å². The Labute approximate surface area is 96.2 Å². The summed E-state index contributed by atoms with van der Waals surface area (Å²) in [4.78, 5) is 11.4. The van der Waals surface area contributed by atoms with E-state index < -0.39 is 0 Å². The maximum Gasteiger partial charge on any atom is 0.338 e.